The summed E-state index contributed by atoms with van der Waals surface area (Å²) in [5.74, 6) is 0. The highest BCUT2D eigenvalue weighted by Crippen LogP contribution is 2.27. The van der Waals surface area contributed by atoms with Crippen LogP contribution in [0.15, 0.2) is 35.5 Å². The molecule has 24 heavy (non-hydrogen) atoms. The van der Waals surface area contributed by atoms with Gasteiger partial charge in [-0.3, -0.25) is 14.6 Å². The normalized spacial score (nSPS) is 14.6. The van der Waals surface area contributed by atoms with Crippen molar-refractivity contribution >= 4 is 24.0 Å². The number of anilines is 1. The molecule has 2 aromatic rings. The van der Waals surface area contributed by atoms with Crippen molar-refractivity contribution in [1.29, 1.82) is 0 Å². The number of carbonyl (C=O) groups excluding carboxylic acids is 1. The molecule has 1 amide bonds. The van der Waals surface area contributed by atoms with Crippen LogP contribution in [0.5, 0.6) is 0 Å². The third kappa shape index (κ3) is 5.67. The second kappa shape index (κ2) is 9.46. The number of benzene rings is 1. The van der Waals surface area contributed by atoms with Crippen molar-refractivity contribution in [3.05, 3.63) is 30.6 Å². The number of rotatable bonds is 4. The van der Waals surface area contributed by atoms with Crippen LogP contribution < -0.4 is 10.5 Å². The van der Waals surface area contributed by atoms with Crippen molar-refractivity contribution in [2.24, 2.45) is 12.2 Å². The average Bonchev–Trinajstić information content (AvgIpc) is 3.03. The first-order valence-electron chi connectivity index (χ1n) is 8.02. The molecule has 0 unspecified atom stereocenters. The van der Waals surface area contributed by atoms with Gasteiger partial charge in [0.2, 0.25) is 6.41 Å². The van der Waals surface area contributed by atoms with Crippen LogP contribution in [0.1, 0.15) is 19.3 Å². The molecule has 0 atom stereocenters. The molecule has 7 heteroatoms. The first kappa shape index (κ1) is 18.5. The zero-order valence-electron chi connectivity index (χ0n) is 14.2. The van der Waals surface area contributed by atoms with E-state index in [1.807, 2.05) is 31.4 Å². The number of piperidine rings is 1. The van der Waals surface area contributed by atoms with Gasteiger partial charge in [-0.25, -0.2) is 0 Å². The van der Waals surface area contributed by atoms with Crippen molar-refractivity contribution in [3.63, 3.8) is 0 Å². The Morgan fingerprint density at radius 2 is 1.92 bits per heavy atom. The molecule has 0 radical (unpaired) electrons. The van der Waals surface area contributed by atoms with Crippen LogP contribution in [0.4, 0.5) is 5.69 Å². The summed E-state index contributed by atoms with van der Waals surface area (Å²) in [4.78, 5) is 13.7. The molecule has 1 aromatic carbocycles. The van der Waals surface area contributed by atoms with Crippen LogP contribution in [0.25, 0.3) is 11.1 Å². The van der Waals surface area contributed by atoms with E-state index in [2.05, 4.69) is 22.4 Å². The lowest BCUT2D eigenvalue weighted by atomic mass is 10.1. The summed E-state index contributed by atoms with van der Waals surface area (Å²) in [6.45, 7) is 2.64. The number of nitrogens with zero attached hydrogens (tertiary/aromatic N) is 3. The molecule has 2 heterocycles. The summed E-state index contributed by atoms with van der Waals surface area (Å²) in [7, 11) is 4.05. The molecule has 0 saturated carbocycles. The van der Waals surface area contributed by atoms with Gasteiger partial charge in [0.1, 0.15) is 0 Å². The van der Waals surface area contributed by atoms with Gasteiger partial charge >= 0.3 is 0 Å². The van der Waals surface area contributed by atoms with Crippen molar-refractivity contribution < 1.29 is 4.79 Å². The number of likely N-dealkylation sites (tertiary alicyclic amines) is 1. The van der Waals surface area contributed by atoms with E-state index in [9.17, 15) is 4.79 Å². The summed E-state index contributed by atoms with van der Waals surface area (Å²) >= 11 is 1.14. The van der Waals surface area contributed by atoms with Gasteiger partial charge in [-0.2, -0.15) is 5.10 Å². The molecule has 6 nitrogen and oxygen atoms in total. The number of hydrogen-bond acceptors (Lipinski definition) is 5. The number of hydrogen-bond donors (Lipinski definition) is 2. The van der Waals surface area contributed by atoms with Crippen molar-refractivity contribution in [1.82, 2.24) is 14.7 Å². The van der Waals surface area contributed by atoms with Gasteiger partial charge in [-0.05, 0) is 68.7 Å². The van der Waals surface area contributed by atoms with E-state index in [1.54, 1.807) is 10.9 Å². The molecule has 0 aliphatic carbocycles. The van der Waals surface area contributed by atoms with Crippen molar-refractivity contribution in [2.75, 3.05) is 25.5 Å². The molecule has 1 saturated heterocycles. The number of carbonyl (C=O) groups is 1. The standard InChI is InChI=1S/C11H12N4OS.C6H13N/c1-15-6-9(5-14-15)8-2-10(13-7-16)4-11(3-8)17-12;1-7-5-3-2-4-6-7/h2-7H,12H2,1H3,(H,13,16);2-6H2,1H3. The predicted molar refractivity (Wildman–Crippen MR) is 99.7 cm³/mol. The second-order valence-corrected chi connectivity index (χ2v) is 6.60. The lowest BCUT2D eigenvalue weighted by molar-refractivity contribution is -0.105. The molecule has 1 aliphatic rings. The van der Waals surface area contributed by atoms with Crippen molar-refractivity contribution in [2.45, 2.75) is 24.2 Å². The van der Waals surface area contributed by atoms with Gasteiger partial charge in [0.05, 0.1) is 6.20 Å². The number of amides is 1. The Kier molecular flexibility index (Phi) is 7.30. The highest BCUT2D eigenvalue weighted by Gasteiger charge is 2.05. The second-order valence-electron chi connectivity index (χ2n) is 5.89. The van der Waals surface area contributed by atoms with E-state index in [0.29, 0.717) is 12.1 Å². The summed E-state index contributed by atoms with van der Waals surface area (Å²) in [5, 5.41) is 12.3. The van der Waals surface area contributed by atoms with Gasteiger partial charge in [-0.1, -0.05) is 6.42 Å². The molecule has 1 fully saturated rings. The minimum atomic E-state index is 0.646. The van der Waals surface area contributed by atoms with Crippen LogP contribution in [0, 0.1) is 0 Å². The minimum absolute atomic E-state index is 0.646. The van der Waals surface area contributed by atoms with Crippen LogP contribution >= 0.6 is 11.9 Å². The van der Waals surface area contributed by atoms with Gasteiger partial charge in [0, 0.05) is 29.4 Å². The minimum Gasteiger partial charge on any atom is -0.329 e. The van der Waals surface area contributed by atoms with Gasteiger partial charge in [0.25, 0.3) is 0 Å². The Labute approximate surface area is 147 Å². The Morgan fingerprint density at radius 1 is 1.17 bits per heavy atom. The van der Waals surface area contributed by atoms with Crippen LogP contribution in [-0.4, -0.2) is 41.2 Å². The fraction of sp³-hybridized carbons (Fsp3) is 0.412. The predicted octanol–water partition coefficient (Wildman–Crippen LogP) is 2.72. The number of aryl methyl sites for hydroxylation is 1. The van der Waals surface area contributed by atoms with Crippen LogP contribution in [0.3, 0.4) is 0 Å². The molecular formula is C17H25N5OS. The first-order valence-corrected chi connectivity index (χ1v) is 8.90. The first-order chi connectivity index (χ1) is 11.6. The summed E-state index contributed by atoms with van der Waals surface area (Å²) in [6, 6.07) is 5.65. The van der Waals surface area contributed by atoms with Gasteiger partial charge < -0.3 is 10.2 Å². The Bertz CT molecular complexity index is 652. The molecule has 130 valence electrons. The lowest BCUT2D eigenvalue weighted by Crippen LogP contribution is -2.24. The van der Waals surface area contributed by atoms with Crippen LogP contribution in [0.2, 0.25) is 0 Å². The average molecular weight is 347 g/mol. The Hall–Kier alpha value is -1.83. The highest BCUT2D eigenvalue weighted by molar-refractivity contribution is 7.97. The quantitative estimate of drug-likeness (QED) is 0.657. The maximum atomic E-state index is 10.5. The molecular weight excluding hydrogens is 322 g/mol. The maximum absolute atomic E-state index is 10.5. The zero-order valence-corrected chi connectivity index (χ0v) is 15.1. The lowest BCUT2D eigenvalue weighted by Gasteiger charge is -2.20. The van der Waals surface area contributed by atoms with E-state index in [1.165, 1.54) is 32.4 Å². The van der Waals surface area contributed by atoms with E-state index in [-0.39, 0.29) is 0 Å². The number of nitrogens with two attached hydrogens (primary N) is 1. The summed E-state index contributed by atoms with van der Waals surface area (Å²) in [5.41, 5.74) is 2.67. The third-order valence-electron chi connectivity index (χ3n) is 3.89. The molecule has 0 spiro atoms. The highest BCUT2D eigenvalue weighted by atomic mass is 32.2. The molecule has 0 bridgehead atoms. The van der Waals surface area contributed by atoms with Crippen molar-refractivity contribution in [3.8, 4) is 11.1 Å². The van der Waals surface area contributed by atoms with E-state index >= 15 is 0 Å². The van der Waals surface area contributed by atoms with Crippen LogP contribution in [-0.2, 0) is 11.8 Å². The maximum Gasteiger partial charge on any atom is 0.211 e. The Morgan fingerprint density at radius 3 is 2.42 bits per heavy atom. The number of aromatic nitrogens is 2. The van der Waals surface area contributed by atoms with Gasteiger partial charge in [-0.15, -0.1) is 0 Å². The molecule has 3 rings (SSSR count). The number of nitrogens with one attached hydrogen (secondary N) is 1. The summed E-state index contributed by atoms with van der Waals surface area (Å²) < 4.78 is 1.73. The fourth-order valence-electron chi connectivity index (χ4n) is 2.61. The molecule has 1 aliphatic heterocycles. The van der Waals surface area contributed by atoms with E-state index in [0.717, 1.165) is 28.0 Å². The summed E-state index contributed by atoms with van der Waals surface area (Å²) in [6.07, 6.45) is 8.60. The monoisotopic (exact) mass is 347 g/mol. The van der Waals surface area contributed by atoms with E-state index < -0.39 is 0 Å². The smallest absolute Gasteiger partial charge is 0.211 e. The largest absolute Gasteiger partial charge is 0.329 e. The van der Waals surface area contributed by atoms with E-state index in [4.69, 9.17) is 5.14 Å². The fourth-order valence-corrected chi connectivity index (χ4v) is 3.00. The SMILES string of the molecule is CN1CCCCC1.Cn1cc(-c2cc(NC=O)cc(SN)c2)cn1. The third-order valence-corrected chi connectivity index (χ3v) is 4.39. The zero-order chi connectivity index (χ0) is 17.4. The van der Waals surface area contributed by atoms with Gasteiger partial charge in [0.15, 0.2) is 0 Å². The topological polar surface area (TPSA) is 76.2 Å². The Balaban J connectivity index is 0.000000249. The molecule has 3 N–H and O–H groups in total. The molecule has 1 aromatic heterocycles.